The molecular weight excluding hydrogens is 260 g/mol. The van der Waals surface area contributed by atoms with Crippen LogP contribution >= 0.6 is 0 Å². The third kappa shape index (κ3) is 3.06. The van der Waals surface area contributed by atoms with Crippen LogP contribution in [0.2, 0.25) is 0 Å². The van der Waals surface area contributed by atoms with E-state index in [1.165, 1.54) is 0 Å². The van der Waals surface area contributed by atoms with Crippen molar-refractivity contribution in [3.05, 3.63) is 0 Å². The zero-order valence-corrected chi connectivity index (χ0v) is 12.1. The number of carbonyl (C=O) groups excluding carboxylic acids is 1. The minimum Gasteiger partial charge on any atom is -0.481 e. The van der Waals surface area contributed by atoms with E-state index in [1.807, 2.05) is 0 Å². The summed E-state index contributed by atoms with van der Waals surface area (Å²) in [5, 5.41) is 14.3. The van der Waals surface area contributed by atoms with E-state index < -0.39 is 5.97 Å². The Balaban J connectivity index is 1.75. The highest BCUT2D eigenvalue weighted by molar-refractivity contribution is 5.74. The summed E-state index contributed by atoms with van der Waals surface area (Å²) >= 11 is 0. The van der Waals surface area contributed by atoms with Gasteiger partial charge in [-0.25, -0.2) is 4.79 Å². The largest absolute Gasteiger partial charge is 0.481 e. The molecule has 1 aliphatic carbocycles. The molecule has 1 heterocycles. The molecule has 114 valence electrons. The van der Waals surface area contributed by atoms with Crippen molar-refractivity contribution in [3.8, 4) is 0 Å². The van der Waals surface area contributed by atoms with E-state index in [2.05, 4.69) is 24.5 Å². The van der Waals surface area contributed by atoms with Gasteiger partial charge in [0, 0.05) is 36.9 Å². The van der Waals surface area contributed by atoms with Gasteiger partial charge in [-0.2, -0.15) is 0 Å². The molecule has 1 saturated carbocycles. The zero-order valence-electron chi connectivity index (χ0n) is 12.1. The summed E-state index contributed by atoms with van der Waals surface area (Å²) in [6, 6.07) is -0.0789. The Kier molecular flexibility index (Phi) is 4.52. The number of hydrogen-bond donors (Lipinski definition) is 3. The minimum atomic E-state index is -0.838. The fraction of sp³-hybridized carbons (Fsp3) is 0.857. The van der Waals surface area contributed by atoms with Crippen molar-refractivity contribution in [2.24, 2.45) is 11.3 Å². The second kappa shape index (κ2) is 5.99. The van der Waals surface area contributed by atoms with E-state index in [0.717, 1.165) is 19.4 Å². The summed E-state index contributed by atoms with van der Waals surface area (Å²) < 4.78 is 5.79. The number of ether oxygens (including phenoxy) is 1. The number of urea groups is 1. The van der Waals surface area contributed by atoms with Crippen molar-refractivity contribution in [2.75, 3.05) is 13.2 Å². The molecule has 0 bridgehead atoms. The fourth-order valence-corrected chi connectivity index (χ4v) is 3.45. The second-order valence-corrected chi connectivity index (χ2v) is 6.29. The molecule has 1 aliphatic heterocycles. The standard InChI is InChI=1S/C14H24N2O4/c1-14(2)11(9-5-4-8-20-12(9)14)16-13(19)15-7-3-6-10(17)18/h9,11-12H,3-8H2,1-2H3,(H,17,18)(H2,15,16,19). The summed E-state index contributed by atoms with van der Waals surface area (Å²) in [5.41, 5.74) is -0.0382. The number of aliphatic carboxylic acids is 1. The molecule has 2 rings (SSSR count). The highest BCUT2D eigenvalue weighted by atomic mass is 16.5. The van der Waals surface area contributed by atoms with Gasteiger partial charge in [-0.3, -0.25) is 4.79 Å². The molecule has 20 heavy (non-hydrogen) atoms. The molecule has 6 nitrogen and oxygen atoms in total. The molecule has 0 spiro atoms. The third-order valence-electron chi connectivity index (χ3n) is 4.47. The van der Waals surface area contributed by atoms with Gasteiger partial charge >= 0.3 is 12.0 Å². The SMILES string of the molecule is CC1(C)C(NC(=O)NCCCC(=O)O)C2CCCOC21. The Bertz CT molecular complexity index is 383. The molecule has 0 aromatic rings. The summed E-state index contributed by atoms with van der Waals surface area (Å²) in [4.78, 5) is 22.2. The van der Waals surface area contributed by atoms with Gasteiger partial charge in [0.2, 0.25) is 0 Å². The monoisotopic (exact) mass is 284 g/mol. The quantitative estimate of drug-likeness (QED) is 0.665. The maximum absolute atomic E-state index is 11.8. The Hall–Kier alpha value is -1.30. The number of nitrogens with one attached hydrogen (secondary N) is 2. The Morgan fingerprint density at radius 1 is 1.40 bits per heavy atom. The summed E-state index contributed by atoms with van der Waals surface area (Å²) in [7, 11) is 0. The lowest BCUT2D eigenvalue weighted by Crippen LogP contribution is -2.70. The third-order valence-corrected chi connectivity index (χ3v) is 4.47. The van der Waals surface area contributed by atoms with E-state index in [4.69, 9.17) is 9.84 Å². The normalized spacial score (nSPS) is 30.8. The molecule has 3 atom stereocenters. The summed E-state index contributed by atoms with van der Waals surface area (Å²) in [6.45, 7) is 5.44. The van der Waals surface area contributed by atoms with Crippen LogP contribution in [-0.4, -0.2) is 42.4 Å². The molecule has 2 fully saturated rings. The maximum atomic E-state index is 11.8. The van der Waals surface area contributed by atoms with Crippen LogP contribution in [0.3, 0.4) is 0 Å². The fourth-order valence-electron chi connectivity index (χ4n) is 3.45. The number of carboxylic acid groups (broad SMARTS) is 1. The molecule has 2 amide bonds. The first-order valence-electron chi connectivity index (χ1n) is 7.30. The van der Waals surface area contributed by atoms with E-state index >= 15 is 0 Å². The van der Waals surface area contributed by atoms with Crippen LogP contribution in [0.4, 0.5) is 4.79 Å². The van der Waals surface area contributed by atoms with Crippen molar-refractivity contribution in [2.45, 2.75) is 51.7 Å². The lowest BCUT2D eigenvalue weighted by molar-refractivity contribution is -0.189. The molecule has 2 aliphatic rings. The van der Waals surface area contributed by atoms with Gasteiger partial charge in [0.1, 0.15) is 0 Å². The van der Waals surface area contributed by atoms with Crippen LogP contribution in [-0.2, 0) is 9.53 Å². The smallest absolute Gasteiger partial charge is 0.315 e. The average Bonchev–Trinajstić information content (AvgIpc) is 2.41. The Labute approximate surface area is 119 Å². The summed E-state index contributed by atoms with van der Waals surface area (Å²) in [6.07, 6.45) is 2.92. The van der Waals surface area contributed by atoms with Crippen molar-refractivity contribution < 1.29 is 19.4 Å². The van der Waals surface area contributed by atoms with Crippen LogP contribution < -0.4 is 10.6 Å². The topological polar surface area (TPSA) is 87.7 Å². The van der Waals surface area contributed by atoms with Crippen LogP contribution in [0.1, 0.15) is 39.5 Å². The summed E-state index contributed by atoms with van der Waals surface area (Å²) in [5.74, 6) is -0.432. The van der Waals surface area contributed by atoms with Gasteiger partial charge in [-0.1, -0.05) is 13.8 Å². The highest BCUT2D eigenvalue weighted by Crippen LogP contribution is 2.51. The highest BCUT2D eigenvalue weighted by Gasteiger charge is 2.58. The van der Waals surface area contributed by atoms with Gasteiger partial charge in [0.05, 0.1) is 6.10 Å². The predicted octanol–water partition coefficient (Wildman–Crippen LogP) is 1.35. The van der Waals surface area contributed by atoms with Gasteiger partial charge in [-0.05, 0) is 19.3 Å². The Morgan fingerprint density at radius 3 is 2.85 bits per heavy atom. The molecule has 0 radical (unpaired) electrons. The number of carboxylic acids is 1. The van der Waals surface area contributed by atoms with Crippen LogP contribution in [0.15, 0.2) is 0 Å². The number of carbonyl (C=O) groups is 2. The number of amides is 2. The van der Waals surface area contributed by atoms with Crippen molar-refractivity contribution in [3.63, 3.8) is 0 Å². The van der Waals surface area contributed by atoms with E-state index in [0.29, 0.717) is 18.9 Å². The lowest BCUT2D eigenvalue weighted by atomic mass is 9.55. The van der Waals surface area contributed by atoms with Crippen LogP contribution in [0.5, 0.6) is 0 Å². The average molecular weight is 284 g/mol. The second-order valence-electron chi connectivity index (χ2n) is 6.29. The van der Waals surface area contributed by atoms with Crippen molar-refractivity contribution in [1.82, 2.24) is 10.6 Å². The lowest BCUT2D eigenvalue weighted by Gasteiger charge is -2.59. The van der Waals surface area contributed by atoms with E-state index in [1.54, 1.807) is 0 Å². The number of rotatable bonds is 5. The maximum Gasteiger partial charge on any atom is 0.315 e. The van der Waals surface area contributed by atoms with Gasteiger partial charge in [-0.15, -0.1) is 0 Å². The molecule has 1 saturated heterocycles. The van der Waals surface area contributed by atoms with Crippen molar-refractivity contribution in [1.29, 1.82) is 0 Å². The predicted molar refractivity (Wildman–Crippen MR) is 73.4 cm³/mol. The van der Waals surface area contributed by atoms with E-state index in [9.17, 15) is 9.59 Å². The first kappa shape index (κ1) is 15.1. The van der Waals surface area contributed by atoms with Crippen LogP contribution in [0, 0.1) is 11.3 Å². The molecule has 0 aromatic heterocycles. The number of fused-ring (bicyclic) bond motifs is 1. The van der Waals surface area contributed by atoms with Crippen molar-refractivity contribution >= 4 is 12.0 Å². The molecular formula is C14H24N2O4. The zero-order chi connectivity index (χ0) is 14.8. The number of hydrogen-bond acceptors (Lipinski definition) is 3. The van der Waals surface area contributed by atoms with E-state index in [-0.39, 0.29) is 30.0 Å². The molecule has 3 unspecified atom stereocenters. The molecule has 0 aromatic carbocycles. The van der Waals surface area contributed by atoms with Crippen LogP contribution in [0.25, 0.3) is 0 Å². The van der Waals surface area contributed by atoms with Gasteiger partial charge in [0.25, 0.3) is 0 Å². The van der Waals surface area contributed by atoms with Gasteiger partial charge in [0.15, 0.2) is 0 Å². The molecule has 3 N–H and O–H groups in total. The minimum absolute atomic E-state index is 0.0382. The molecule has 6 heteroatoms. The first-order valence-corrected chi connectivity index (χ1v) is 7.30. The van der Waals surface area contributed by atoms with Gasteiger partial charge < -0.3 is 20.5 Å². The first-order chi connectivity index (χ1) is 9.43. The Morgan fingerprint density at radius 2 is 2.15 bits per heavy atom.